The molecule has 0 unspecified atom stereocenters. The number of amides is 3. The monoisotopic (exact) mass is 561 g/mol. The summed E-state index contributed by atoms with van der Waals surface area (Å²) in [5.74, 6) is -0.0992. The third-order valence-corrected chi connectivity index (χ3v) is 6.90. The van der Waals surface area contributed by atoms with Crippen molar-refractivity contribution in [2.24, 2.45) is 0 Å². The van der Waals surface area contributed by atoms with Crippen molar-refractivity contribution >= 4 is 34.8 Å². The molecule has 0 fully saturated rings. The van der Waals surface area contributed by atoms with E-state index >= 15 is 0 Å². The molecule has 0 aliphatic carbocycles. The van der Waals surface area contributed by atoms with E-state index in [0.29, 0.717) is 19.3 Å². The molecule has 4 aromatic carbocycles. The SMILES string of the molecule is CCCC(=O)Nc1ccccc1-c1cc(-c2ccccc2NC(=O)CCC)cc(-c2ccccc2NC(=O)CCC)c1. The molecule has 42 heavy (non-hydrogen) atoms. The van der Waals surface area contributed by atoms with Gasteiger partial charge >= 0.3 is 0 Å². The lowest BCUT2D eigenvalue weighted by Gasteiger charge is -2.18. The Bertz CT molecular complexity index is 1360. The van der Waals surface area contributed by atoms with Crippen LogP contribution in [0.2, 0.25) is 0 Å². The molecule has 4 aromatic rings. The minimum atomic E-state index is -0.0331. The molecule has 3 N–H and O–H groups in total. The fraction of sp³-hybridized carbons (Fsp3) is 0.250. The summed E-state index contributed by atoms with van der Waals surface area (Å²) in [6, 6.07) is 29.5. The molecule has 0 aliphatic heterocycles. The van der Waals surface area contributed by atoms with Gasteiger partial charge in [0.15, 0.2) is 0 Å². The highest BCUT2D eigenvalue weighted by Crippen LogP contribution is 2.39. The Kier molecular flexibility index (Phi) is 10.6. The Hall–Kier alpha value is -4.71. The van der Waals surface area contributed by atoms with Crippen molar-refractivity contribution in [2.45, 2.75) is 59.3 Å². The first-order valence-corrected chi connectivity index (χ1v) is 14.8. The molecule has 6 nitrogen and oxygen atoms in total. The predicted octanol–water partition coefficient (Wildman–Crippen LogP) is 8.90. The lowest BCUT2D eigenvalue weighted by Crippen LogP contribution is -2.12. The Morgan fingerprint density at radius 2 is 0.714 bits per heavy atom. The number of hydrogen-bond acceptors (Lipinski definition) is 3. The molecule has 216 valence electrons. The van der Waals surface area contributed by atoms with Crippen molar-refractivity contribution < 1.29 is 14.4 Å². The summed E-state index contributed by atoms with van der Waals surface area (Å²) < 4.78 is 0. The van der Waals surface area contributed by atoms with Gasteiger partial charge in [-0.3, -0.25) is 14.4 Å². The van der Waals surface area contributed by atoms with Crippen LogP contribution in [0.4, 0.5) is 17.1 Å². The zero-order valence-corrected chi connectivity index (χ0v) is 24.6. The first kappa shape index (κ1) is 30.3. The van der Waals surface area contributed by atoms with Crippen molar-refractivity contribution in [3.8, 4) is 33.4 Å². The van der Waals surface area contributed by atoms with Gasteiger partial charge in [-0.1, -0.05) is 75.4 Å². The average molecular weight is 562 g/mol. The Balaban J connectivity index is 1.91. The second kappa shape index (κ2) is 14.8. The highest BCUT2D eigenvalue weighted by Gasteiger charge is 2.16. The normalized spacial score (nSPS) is 10.6. The van der Waals surface area contributed by atoms with E-state index in [0.717, 1.165) is 69.7 Å². The fourth-order valence-corrected chi connectivity index (χ4v) is 4.94. The number of anilines is 3. The Morgan fingerprint density at radius 1 is 0.452 bits per heavy atom. The molecule has 0 saturated heterocycles. The highest BCUT2D eigenvalue weighted by atomic mass is 16.2. The van der Waals surface area contributed by atoms with Gasteiger partial charge in [0.1, 0.15) is 0 Å². The summed E-state index contributed by atoms with van der Waals surface area (Å²) in [5, 5.41) is 9.24. The topological polar surface area (TPSA) is 87.3 Å². The van der Waals surface area contributed by atoms with E-state index in [9.17, 15) is 14.4 Å². The van der Waals surface area contributed by atoms with Gasteiger partial charge in [0, 0.05) is 53.0 Å². The van der Waals surface area contributed by atoms with E-state index in [-0.39, 0.29) is 17.7 Å². The van der Waals surface area contributed by atoms with E-state index < -0.39 is 0 Å². The van der Waals surface area contributed by atoms with E-state index in [1.165, 1.54) is 0 Å². The van der Waals surface area contributed by atoms with Crippen LogP contribution in [-0.2, 0) is 14.4 Å². The first-order chi connectivity index (χ1) is 20.4. The fourth-order valence-electron chi connectivity index (χ4n) is 4.94. The van der Waals surface area contributed by atoms with Gasteiger partial charge in [-0.2, -0.15) is 0 Å². The third-order valence-electron chi connectivity index (χ3n) is 6.90. The molecule has 0 aromatic heterocycles. The summed E-state index contributed by atoms with van der Waals surface area (Å²) in [6.45, 7) is 5.94. The van der Waals surface area contributed by atoms with Crippen LogP contribution in [0.15, 0.2) is 91.0 Å². The maximum absolute atomic E-state index is 12.6. The molecule has 3 amide bonds. The average Bonchev–Trinajstić information content (AvgIpc) is 2.98. The molecule has 0 radical (unpaired) electrons. The molecule has 0 saturated carbocycles. The van der Waals surface area contributed by atoms with Crippen molar-refractivity contribution in [1.82, 2.24) is 0 Å². The van der Waals surface area contributed by atoms with Gasteiger partial charge in [0.25, 0.3) is 0 Å². The zero-order chi connectivity index (χ0) is 29.9. The van der Waals surface area contributed by atoms with Gasteiger partial charge in [0.05, 0.1) is 0 Å². The second-order valence-electron chi connectivity index (χ2n) is 10.3. The molecule has 0 bridgehead atoms. The van der Waals surface area contributed by atoms with Crippen molar-refractivity contribution in [3.63, 3.8) is 0 Å². The smallest absolute Gasteiger partial charge is 0.224 e. The molecule has 0 atom stereocenters. The van der Waals surface area contributed by atoms with E-state index in [4.69, 9.17) is 0 Å². The molecule has 6 heteroatoms. The number of carbonyl (C=O) groups excluding carboxylic acids is 3. The summed E-state index contributed by atoms with van der Waals surface area (Å²) >= 11 is 0. The van der Waals surface area contributed by atoms with Crippen LogP contribution in [-0.4, -0.2) is 17.7 Å². The van der Waals surface area contributed by atoms with E-state index in [1.54, 1.807) is 0 Å². The molecule has 0 spiro atoms. The molecular weight excluding hydrogens is 522 g/mol. The molecule has 4 rings (SSSR count). The van der Waals surface area contributed by atoms with Crippen LogP contribution in [0.1, 0.15) is 59.3 Å². The van der Waals surface area contributed by atoms with Gasteiger partial charge in [-0.05, 0) is 72.4 Å². The van der Waals surface area contributed by atoms with Crippen LogP contribution in [0.25, 0.3) is 33.4 Å². The predicted molar refractivity (Wildman–Crippen MR) is 173 cm³/mol. The van der Waals surface area contributed by atoms with Crippen LogP contribution >= 0.6 is 0 Å². The zero-order valence-electron chi connectivity index (χ0n) is 24.6. The van der Waals surface area contributed by atoms with Gasteiger partial charge in [-0.15, -0.1) is 0 Å². The second-order valence-corrected chi connectivity index (χ2v) is 10.3. The minimum absolute atomic E-state index is 0.0331. The van der Waals surface area contributed by atoms with Gasteiger partial charge < -0.3 is 16.0 Å². The Labute approximate surface area is 248 Å². The molecular formula is C36H39N3O3. The standard InChI is InChI=1S/C36H39N3O3/c1-4-13-34(40)37-31-19-10-7-16-28(31)25-22-26(29-17-8-11-20-32(29)38-35(41)14-5-2)24-27(23-25)30-18-9-12-21-33(30)39-36(42)15-6-3/h7-12,16-24H,4-6,13-15H2,1-3H3,(H,37,40)(H,38,41)(H,39,42). The number of benzene rings is 4. The van der Waals surface area contributed by atoms with E-state index in [1.807, 2.05) is 93.6 Å². The lowest BCUT2D eigenvalue weighted by molar-refractivity contribution is -0.117. The number of nitrogens with one attached hydrogen (secondary N) is 3. The van der Waals surface area contributed by atoms with Gasteiger partial charge in [0.2, 0.25) is 17.7 Å². The quantitative estimate of drug-likeness (QED) is 0.161. The van der Waals surface area contributed by atoms with Crippen LogP contribution in [0, 0.1) is 0 Å². The summed E-state index contributed by atoms with van der Waals surface area (Å²) in [7, 11) is 0. The first-order valence-electron chi connectivity index (χ1n) is 14.8. The largest absolute Gasteiger partial charge is 0.326 e. The van der Waals surface area contributed by atoms with Crippen molar-refractivity contribution in [1.29, 1.82) is 0 Å². The maximum atomic E-state index is 12.6. The Morgan fingerprint density at radius 3 is 0.976 bits per heavy atom. The van der Waals surface area contributed by atoms with Crippen LogP contribution in [0.3, 0.4) is 0 Å². The third kappa shape index (κ3) is 7.72. The summed E-state index contributed by atoms with van der Waals surface area (Å²) in [5.41, 5.74) is 7.53. The van der Waals surface area contributed by atoms with Crippen LogP contribution in [0.5, 0.6) is 0 Å². The number of para-hydroxylation sites is 3. The number of carbonyl (C=O) groups is 3. The summed E-state index contributed by atoms with van der Waals surface area (Å²) in [6.07, 6.45) is 3.60. The number of rotatable bonds is 12. The maximum Gasteiger partial charge on any atom is 0.224 e. The minimum Gasteiger partial charge on any atom is -0.326 e. The van der Waals surface area contributed by atoms with Crippen LogP contribution < -0.4 is 16.0 Å². The molecule has 0 aliphatic rings. The number of hydrogen-bond donors (Lipinski definition) is 3. The van der Waals surface area contributed by atoms with E-state index in [2.05, 4.69) is 34.1 Å². The highest BCUT2D eigenvalue weighted by molar-refractivity contribution is 6.00. The molecule has 0 heterocycles. The lowest BCUT2D eigenvalue weighted by atomic mass is 9.91. The van der Waals surface area contributed by atoms with Crippen molar-refractivity contribution in [3.05, 3.63) is 91.0 Å². The van der Waals surface area contributed by atoms with Crippen molar-refractivity contribution in [2.75, 3.05) is 16.0 Å². The summed E-state index contributed by atoms with van der Waals surface area (Å²) in [4.78, 5) is 37.7. The van der Waals surface area contributed by atoms with Gasteiger partial charge in [-0.25, -0.2) is 0 Å².